The van der Waals surface area contributed by atoms with Crippen molar-refractivity contribution in [2.45, 2.75) is 13.0 Å². The lowest BCUT2D eigenvalue weighted by Crippen LogP contribution is -2.43. The molecule has 2 aromatic rings. The lowest BCUT2D eigenvalue weighted by molar-refractivity contribution is -0.120. The zero-order chi connectivity index (χ0) is 18.9. The minimum Gasteiger partial charge on any atom is -0.370 e. The molecule has 0 aliphatic heterocycles. The monoisotopic (exact) mass is 354 g/mol. The number of benzene rings is 2. The van der Waals surface area contributed by atoms with Crippen LogP contribution in [0.3, 0.4) is 0 Å². The maximum atomic E-state index is 12.6. The molecule has 26 heavy (non-hydrogen) atoms. The highest BCUT2D eigenvalue weighted by molar-refractivity contribution is 5.99. The molecule has 0 aromatic heterocycles. The average Bonchev–Trinajstić information content (AvgIpc) is 2.66. The lowest BCUT2D eigenvalue weighted by Gasteiger charge is -2.20. The van der Waals surface area contributed by atoms with Gasteiger partial charge in [-0.1, -0.05) is 36.4 Å². The fourth-order valence-corrected chi connectivity index (χ4v) is 2.40. The first-order valence-electron chi connectivity index (χ1n) is 8.27. The largest absolute Gasteiger partial charge is 0.370 e. The Morgan fingerprint density at radius 1 is 1.00 bits per heavy atom. The summed E-state index contributed by atoms with van der Waals surface area (Å²) >= 11 is 0. The molecule has 7 nitrogen and oxygen atoms in total. The van der Waals surface area contributed by atoms with E-state index in [0.717, 1.165) is 0 Å². The maximum Gasteiger partial charge on any atom is 0.321 e. The number of amides is 4. The second-order valence-electron chi connectivity index (χ2n) is 5.50. The van der Waals surface area contributed by atoms with Gasteiger partial charge in [0, 0.05) is 24.8 Å². The van der Waals surface area contributed by atoms with Crippen molar-refractivity contribution < 1.29 is 14.4 Å². The fraction of sp³-hybridized carbons (Fsp3) is 0.211. The Kier molecular flexibility index (Phi) is 6.73. The first-order valence-corrected chi connectivity index (χ1v) is 8.27. The van der Waals surface area contributed by atoms with Gasteiger partial charge in [0.15, 0.2) is 0 Å². The van der Waals surface area contributed by atoms with Crippen molar-refractivity contribution in [3.63, 3.8) is 0 Å². The number of anilines is 1. The predicted octanol–water partition coefficient (Wildman–Crippen LogP) is 2.05. The standard InChI is InChI=1S/C19H22N4O3/c1-3-21-19(26)23-18(25)16(13-8-5-4-6-9-13)22-15-11-7-10-14(12-15)17(24)20-2/h4-12,16,22H,3H2,1-2H3,(H,20,24)(H2,21,23,25,26)/t16-/m0/s1. The number of imide groups is 1. The number of hydrogen-bond donors (Lipinski definition) is 4. The van der Waals surface area contributed by atoms with Crippen molar-refractivity contribution in [3.05, 3.63) is 65.7 Å². The molecule has 2 rings (SSSR count). The third kappa shape index (κ3) is 5.07. The first kappa shape index (κ1) is 19.0. The van der Waals surface area contributed by atoms with Gasteiger partial charge in [0.25, 0.3) is 11.8 Å². The molecule has 0 heterocycles. The highest BCUT2D eigenvalue weighted by Gasteiger charge is 2.22. The Labute approximate surface area is 152 Å². The number of nitrogens with one attached hydrogen (secondary N) is 4. The fourth-order valence-electron chi connectivity index (χ4n) is 2.40. The normalized spacial score (nSPS) is 11.2. The van der Waals surface area contributed by atoms with Crippen LogP contribution in [-0.4, -0.2) is 31.4 Å². The Bertz CT molecular complexity index is 777. The molecule has 0 aliphatic carbocycles. The third-order valence-corrected chi connectivity index (χ3v) is 3.63. The molecular formula is C19H22N4O3. The molecule has 0 saturated carbocycles. The molecule has 0 fully saturated rings. The minimum atomic E-state index is -0.793. The molecule has 7 heteroatoms. The van der Waals surface area contributed by atoms with Crippen LogP contribution in [0.5, 0.6) is 0 Å². The number of hydrogen-bond acceptors (Lipinski definition) is 4. The summed E-state index contributed by atoms with van der Waals surface area (Å²) < 4.78 is 0. The van der Waals surface area contributed by atoms with E-state index in [1.54, 1.807) is 50.4 Å². The van der Waals surface area contributed by atoms with E-state index in [9.17, 15) is 14.4 Å². The summed E-state index contributed by atoms with van der Waals surface area (Å²) in [6, 6.07) is 14.5. The Balaban J connectivity index is 2.26. The van der Waals surface area contributed by atoms with Crippen molar-refractivity contribution in [2.75, 3.05) is 18.9 Å². The molecule has 4 amide bonds. The minimum absolute atomic E-state index is 0.225. The van der Waals surface area contributed by atoms with E-state index >= 15 is 0 Å². The van der Waals surface area contributed by atoms with Gasteiger partial charge in [0.05, 0.1) is 0 Å². The lowest BCUT2D eigenvalue weighted by atomic mass is 10.1. The molecule has 2 aromatic carbocycles. The Hall–Kier alpha value is -3.35. The quantitative estimate of drug-likeness (QED) is 0.638. The molecule has 136 valence electrons. The van der Waals surface area contributed by atoms with Crippen molar-refractivity contribution in [2.24, 2.45) is 0 Å². The van der Waals surface area contributed by atoms with Crippen LogP contribution >= 0.6 is 0 Å². The van der Waals surface area contributed by atoms with Crippen molar-refractivity contribution in [3.8, 4) is 0 Å². The molecular weight excluding hydrogens is 332 g/mol. The molecule has 0 unspecified atom stereocenters. The van der Waals surface area contributed by atoms with E-state index in [1.165, 1.54) is 0 Å². The van der Waals surface area contributed by atoms with Crippen LogP contribution in [0, 0.1) is 0 Å². The number of carbonyl (C=O) groups is 3. The van der Waals surface area contributed by atoms with Crippen molar-refractivity contribution in [1.29, 1.82) is 0 Å². The molecule has 0 bridgehead atoms. The second-order valence-corrected chi connectivity index (χ2v) is 5.50. The summed E-state index contributed by atoms with van der Waals surface area (Å²) in [6.45, 7) is 2.18. The molecule has 0 spiro atoms. The smallest absolute Gasteiger partial charge is 0.321 e. The van der Waals surface area contributed by atoms with Crippen molar-refractivity contribution in [1.82, 2.24) is 16.0 Å². The topological polar surface area (TPSA) is 99.3 Å². The molecule has 1 atom stereocenters. The molecule has 0 saturated heterocycles. The van der Waals surface area contributed by atoms with E-state index in [-0.39, 0.29) is 5.91 Å². The molecule has 0 radical (unpaired) electrons. The van der Waals surface area contributed by atoms with Gasteiger partial charge in [-0.05, 0) is 30.7 Å². The van der Waals surface area contributed by atoms with Crippen LogP contribution < -0.4 is 21.3 Å². The number of carbonyl (C=O) groups excluding carboxylic acids is 3. The van der Waals surface area contributed by atoms with Crippen LogP contribution in [0.2, 0.25) is 0 Å². The summed E-state index contributed by atoms with van der Waals surface area (Å²) in [6.07, 6.45) is 0. The van der Waals surface area contributed by atoms with Gasteiger partial charge in [-0.3, -0.25) is 14.9 Å². The second kappa shape index (κ2) is 9.22. The average molecular weight is 354 g/mol. The Morgan fingerprint density at radius 3 is 2.38 bits per heavy atom. The Morgan fingerprint density at radius 2 is 1.73 bits per heavy atom. The third-order valence-electron chi connectivity index (χ3n) is 3.63. The SMILES string of the molecule is CCNC(=O)NC(=O)[C@@H](Nc1cccc(C(=O)NC)c1)c1ccccc1. The summed E-state index contributed by atoms with van der Waals surface area (Å²) in [5.41, 5.74) is 1.75. The van der Waals surface area contributed by atoms with E-state index in [1.807, 2.05) is 18.2 Å². The van der Waals surface area contributed by atoms with Gasteiger partial charge in [-0.15, -0.1) is 0 Å². The van der Waals surface area contributed by atoms with Gasteiger partial charge in [0.1, 0.15) is 6.04 Å². The van der Waals surface area contributed by atoms with E-state index < -0.39 is 18.0 Å². The summed E-state index contributed by atoms with van der Waals surface area (Å²) in [5, 5.41) is 10.5. The zero-order valence-corrected chi connectivity index (χ0v) is 14.7. The highest BCUT2D eigenvalue weighted by atomic mass is 16.2. The van der Waals surface area contributed by atoms with Gasteiger partial charge < -0.3 is 16.0 Å². The van der Waals surface area contributed by atoms with Gasteiger partial charge >= 0.3 is 6.03 Å². The van der Waals surface area contributed by atoms with E-state index in [0.29, 0.717) is 23.4 Å². The van der Waals surface area contributed by atoms with Crippen LogP contribution in [0.4, 0.5) is 10.5 Å². The maximum absolute atomic E-state index is 12.6. The van der Waals surface area contributed by atoms with Gasteiger partial charge in [0.2, 0.25) is 0 Å². The van der Waals surface area contributed by atoms with Crippen LogP contribution in [0.1, 0.15) is 28.9 Å². The van der Waals surface area contributed by atoms with Gasteiger partial charge in [-0.2, -0.15) is 0 Å². The summed E-state index contributed by atoms with van der Waals surface area (Å²) in [5.74, 6) is -0.718. The van der Waals surface area contributed by atoms with Crippen LogP contribution in [0.25, 0.3) is 0 Å². The van der Waals surface area contributed by atoms with Gasteiger partial charge in [-0.25, -0.2) is 4.79 Å². The number of rotatable bonds is 6. The van der Waals surface area contributed by atoms with E-state index in [2.05, 4.69) is 21.3 Å². The zero-order valence-electron chi connectivity index (χ0n) is 14.7. The van der Waals surface area contributed by atoms with Crippen LogP contribution in [-0.2, 0) is 4.79 Å². The highest BCUT2D eigenvalue weighted by Crippen LogP contribution is 2.21. The number of urea groups is 1. The molecule has 0 aliphatic rings. The van der Waals surface area contributed by atoms with Crippen molar-refractivity contribution >= 4 is 23.5 Å². The summed E-state index contributed by atoms with van der Waals surface area (Å²) in [4.78, 5) is 36.1. The van der Waals surface area contributed by atoms with E-state index in [4.69, 9.17) is 0 Å². The summed E-state index contributed by atoms with van der Waals surface area (Å²) in [7, 11) is 1.55. The molecule has 4 N–H and O–H groups in total. The predicted molar refractivity (Wildman–Crippen MR) is 99.9 cm³/mol. The van der Waals surface area contributed by atoms with Crippen LogP contribution in [0.15, 0.2) is 54.6 Å². The first-order chi connectivity index (χ1) is 12.5.